The van der Waals surface area contributed by atoms with Crippen LogP contribution in [0.25, 0.3) is 22.5 Å². The monoisotopic (exact) mass is 583 g/mol. The maximum absolute atomic E-state index is 13.3. The molecule has 0 saturated heterocycles. The van der Waals surface area contributed by atoms with E-state index in [1.165, 1.54) is 12.5 Å². The van der Waals surface area contributed by atoms with Crippen molar-refractivity contribution in [3.8, 4) is 22.5 Å². The van der Waals surface area contributed by atoms with Crippen molar-refractivity contribution in [2.75, 3.05) is 11.4 Å². The van der Waals surface area contributed by atoms with Crippen molar-refractivity contribution < 1.29 is 18.4 Å². The van der Waals surface area contributed by atoms with Gasteiger partial charge in [0.2, 0.25) is 0 Å². The topological polar surface area (TPSA) is 153 Å². The van der Waals surface area contributed by atoms with Crippen LogP contribution in [0.3, 0.4) is 0 Å². The number of unbranched alkanes of at least 4 members (excludes halogenated alkanes) is 1. The maximum Gasteiger partial charge on any atom is 0.519 e. The average Bonchev–Trinajstić information content (AvgIpc) is 3.68. The van der Waals surface area contributed by atoms with E-state index in [1.54, 1.807) is 0 Å². The van der Waals surface area contributed by atoms with Crippen molar-refractivity contribution >= 4 is 11.8 Å². The van der Waals surface area contributed by atoms with Gasteiger partial charge in [0.1, 0.15) is 17.7 Å². The van der Waals surface area contributed by atoms with Gasteiger partial charge in [-0.1, -0.05) is 82.6 Å². The number of rotatable bonds is 11. The Hall–Kier alpha value is -5.13. The second kappa shape index (κ2) is 12.8. The Bertz CT molecular complexity index is 1720. The minimum absolute atomic E-state index is 0.174. The molecule has 0 atom stereocenters. The summed E-state index contributed by atoms with van der Waals surface area (Å²) in [4.78, 5) is 35.6. The van der Waals surface area contributed by atoms with Gasteiger partial charge in [0.15, 0.2) is 24.0 Å². The molecule has 2 aromatic carbocycles. The van der Waals surface area contributed by atoms with E-state index in [0.29, 0.717) is 30.5 Å². The van der Waals surface area contributed by atoms with Crippen LogP contribution in [0.5, 0.6) is 0 Å². The van der Waals surface area contributed by atoms with Gasteiger partial charge in [-0.15, -0.1) is 5.10 Å². The number of carbonyl (C=O) groups excluding carboxylic acids is 1. The number of anilines is 1. The number of carbonyl (C=O) groups is 1. The zero-order valence-corrected chi connectivity index (χ0v) is 24.5. The zero-order chi connectivity index (χ0) is 30.4. The number of hydrogen-bond acceptors (Lipinski definition) is 11. The molecule has 222 valence electrons. The molecule has 0 unspecified atom stereocenters. The summed E-state index contributed by atoms with van der Waals surface area (Å²) in [6.07, 6.45) is 4.71. The SMILES string of the molecule is CCCCN(Cc1ccc(-c2ccccc2-c2nnn[nH]2)cc1)c1ncncc1C(=O)OCc1oc(=O)oc1C(C)(C)C. The highest BCUT2D eigenvalue weighted by molar-refractivity contribution is 5.94. The molecule has 0 aliphatic carbocycles. The average molecular weight is 584 g/mol. The van der Waals surface area contributed by atoms with Crippen LogP contribution in [0.4, 0.5) is 5.82 Å². The van der Waals surface area contributed by atoms with E-state index >= 15 is 0 Å². The van der Waals surface area contributed by atoms with Crippen LogP contribution in [0, 0.1) is 0 Å². The van der Waals surface area contributed by atoms with Gasteiger partial charge < -0.3 is 18.5 Å². The molecule has 12 heteroatoms. The van der Waals surface area contributed by atoms with Crippen molar-refractivity contribution in [2.45, 2.75) is 59.1 Å². The van der Waals surface area contributed by atoms with E-state index in [1.807, 2.05) is 49.9 Å². The predicted molar refractivity (Wildman–Crippen MR) is 158 cm³/mol. The summed E-state index contributed by atoms with van der Waals surface area (Å²) in [5.74, 6) is 0.101. The van der Waals surface area contributed by atoms with Crippen molar-refractivity contribution in [1.82, 2.24) is 30.6 Å². The molecule has 5 rings (SSSR count). The first kappa shape index (κ1) is 29.4. The predicted octanol–water partition coefficient (Wildman–Crippen LogP) is 5.33. The fraction of sp³-hybridized carbons (Fsp3) is 0.323. The Labute approximate surface area is 248 Å². The highest BCUT2D eigenvalue weighted by atomic mass is 16.6. The number of aromatic nitrogens is 6. The van der Waals surface area contributed by atoms with E-state index < -0.39 is 17.2 Å². The van der Waals surface area contributed by atoms with E-state index in [4.69, 9.17) is 13.6 Å². The van der Waals surface area contributed by atoms with Crippen molar-refractivity contribution in [3.05, 3.63) is 94.3 Å². The summed E-state index contributed by atoms with van der Waals surface area (Å²) in [5, 5.41) is 14.3. The van der Waals surface area contributed by atoms with Gasteiger partial charge in [0, 0.05) is 30.3 Å². The molecule has 0 spiro atoms. The molecule has 0 aliphatic rings. The van der Waals surface area contributed by atoms with Gasteiger partial charge in [-0.05, 0) is 33.5 Å². The lowest BCUT2D eigenvalue weighted by atomic mass is 9.92. The molecule has 1 N–H and O–H groups in total. The second-order valence-corrected chi connectivity index (χ2v) is 11.1. The number of benzene rings is 2. The van der Waals surface area contributed by atoms with E-state index in [-0.39, 0.29) is 17.9 Å². The molecule has 3 heterocycles. The lowest BCUT2D eigenvalue weighted by Gasteiger charge is -2.25. The van der Waals surface area contributed by atoms with Gasteiger partial charge in [0.05, 0.1) is 0 Å². The minimum atomic E-state index is -0.838. The van der Waals surface area contributed by atoms with Gasteiger partial charge in [-0.25, -0.2) is 24.7 Å². The summed E-state index contributed by atoms with van der Waals surface area (Å²) in [5.41, 5.74) is 3.66. The zero-order valence-electron chi connectivity index (χ0n) is 24.5. The smallest absolute Gasteiger partial charge is 0.454 e. The van der Waals surface area contributed by atoms with Gasteiger partial charge in [-0.3, -0.25) is 0 Å². The number of nitrogens with zero attached hydrogens (tertiary/aromatic N) is 6. The Kier molecular flexibility index (Phi) is 8.74. The van der Waals surface area contributed by atoms with E-state index in [0.717, 1.165) is 35.1 Å². The molecule has 0 radical (unpaired) electrons. The number of esters is 1. The van der Waals surface area contributed by atoms with Gasteiger partial charge >= 0.3 is 11.8 Å². The molecule has 43 heavy (non-hydrogen) atoms. The first-order valence-electron chi connectivity index (χ1n) is 14.0. The molecule has 0 aliphatic heterocycles. The van der Waals surface area contributed by atoms with E-state index in [9.17, 15) is 9.59 Å². The fourth-order valence-corrected chi connectivity index (χ4v) is 4.74. The van der Waals surface area contributed by atoms with Crippen molar-refractivity contribution in [3.63, 3.8) is 0 Å². The molecule has 5 aromatic rings. The maximum atomic E-state index is 13.3. The molecule has 12 nitrogen and oxygen atoms in total. The van der Waals surface area contributed by atoms with Crippen LogP contribution in [0.1, 0.15) is 68.0 Å². The summed E-state index contributed by atoms with van der Waals surface area (Å²) >= 11 is 0. The second-order valence-electron chi connectivity index (χ2n) is 11.1. The lowest BCUT2D eigenvalue weighted by molar-refractivity contribution is 0.0440. The highest BCUT2D eigenvalue weighted by Gasteiger charge is 2.27. The van der Waals surface area contributed by atoms with Crippen LogP contribution < -0.4 is 10.7 Å². The Balaban J connectivity index is 1.36. The third-order valence-corrected chi connectivity index (χ3v) is 6.82. The number of nitrogens with one attached hydrogen (secondary N) is 1. The van der Waals surface area contributed by atoms with Gasteiger partial charge in [0.25, 0.3) is 0 Å². The summed E-state index contributed by atoms with van der Waals surface area (Å²) < 4.78 is 15.9. The molecular formula is C31H33N7O5. The van der Waals surface area contributed by atoms with Crippen LogP contribution in [0.15, 0.2) is 74.7 Å². The molecule has 3 aromatic heterocycles. The molecule has 0 amide bonds. The molecular weight excluding hydrogens is 550 g/mol. The number of H-pyrrole nitrogens is 1. The van der Waals surface area contributed by atoms with E-state index in [2.05, 4.69) is 61.8 Å². The Morgan fingerprint density at radius 3 is 2.51 bits per heavy atom. The van der Waals surface area contributed by atoms with Crippen LogP contribution in [-0.4, -0.2) is 43.1 Å². The minimum Gasteiger partial charge on any atom is -0.454 e. The summed E-state index contributed by atoms with van der Waals surface area (Å²) in [7, 11) is 0. The normalized spacial score (nSPS) is 11.4. The lowest BCUT2D eigenvalue weighted by Crippen LogP contribution is -2.27. The standard InChI is InChI=1S/C31H33N7O5/c1-5-6-15-38(17-20-11-13-21(14-12-20)22-9-7-8-10-23(22)27-34-36-37-35-27)28-24(16-32-19-33-28)29(39)41-18-25-26(31(2,3)4)43-30(40)42-25/h7-14,16,19H,5-6,15,17-18H2,1-4H3,(H,34,35,36,37). The first-order chi connectivity index (χ1) is 20.7. The third-order valence-electron chi connectivity index (χ3n) is 6.82. The molecule has 0 saturated carbocycles. The Morgan fingerprint density at radius 1 is 1.05 bits per heavy atom. The third kappa shape index (κ3) is 6.85. The van der Waals surface area contributed by atoms with Crippen molar-refractivity contribution in [2.24, 2.45) is 0 Å². The van der Waals surface area contributed by atoms with Crippen LogP contribution in [0.2, 0.25) is 0 Å². The first-order valence-corrected chi connectivity index (χ1v) is 14.0. The van der Waals surface area contributed by atoms with Crippen LogP contribution in [-0.2, 0) is 23.3 Å². The summed E-state index contributed by atoms with van der Waals surface area (Å²) in [6.45, 7) is 8.65. The molecule has 0 fully saturated rings. The number of tetrazole rings is 1. The number of aromatic amines is 1. The Morgan fingerprint density at radius 2 is 1.81 bits per heavy atom. The largest absolute Gasteiger partial charge is 0.519 e. The highest BCUT2D eigenvalue weighted by Crippen LogP contribution is 2.31. The number of hydrogen-bond donors (Lipinski definition) is 1. The van der Waals surface area contributed by atoms with Gasteiger partial charge in [-0.2, -0.15) is 0 Å². The quantitative estimate of drug-likeness (QED) is 0.201. The molecule has 0 bridgehead atoms. The van der Waals surface area contributed by atoms with Crippen LogP contribution >= 0.6 is 0 Å². The number of ether oxygens (including phenoxy) is 1. The van der Waals surface area contributed by atoms with Crippen molar-refractivity contribution in [1.29, 1.82) is 0 Å². The summed E-state index contributed by atoms with van der Waals surface area (Å²) in [6, 6.07) is 16.1. The fourth-order valence-electron chi connectivity index (χ4n) is 4.74.